The Bertz CT molecular complexity index is 406. The van der Waals surface area contributed by atoms with Crippen LogP contribution in [0.25, 0.3) is 0 Å². The predicted molar refractivity (Wildman–Crippen MR) is 74.7 cm³/mol. The van der Waals surface area contributed by atoms with E-state index in [1.165, 1.54) is 32.1 Å². The van der Waals surface area contributed by atoms with Gasteiger partial charge >= 0.3 is 0 Å². The average molecular weight is 276 g/mol. The number of carbonyl (C=O) groups is 2. The first-order chi connectivity index (χ1) is 9.70. The zero-order valence-corrected chi connectivity index (χ0v) is 12.0. The lowest BCUT2D eigenvalue weighted by molar-refractivity contribution is -0.148. The Morgan fingerprint density at radius 3 is 2.30 bits per heavy atom. The second-order valence-corrected chi connectivity index (χ2v) is 7.38. The molecule has 1 aliphatic heterocycles. The van der Waals surface area contributed by atoms with Crippen molar-refractivity contribution >= 4 is 11.8 Å². The molecule has 5 rings (SSSR count). The van der Waals surface area contributed by atoms with Crippen molar-refractivity contribution in [3.05, 3.63) is 0 Å². The summed E-state index contributed by atoms with van der Waals surface area (Å²) in [6.45, 7) is 1.94. The molecule has 0 atom stereocenters. The van der Waals surface area contributed by atoms with E-state index in [9.17, 15) is 9.59 Å². The molecule has 0 spiro atoms. The highest BCUT2D eigenvalue weighted by Crippen LogP contribution is 2.56. The fraction of sp³-hybridized carbons (Fsp3) is 0.875. The first-order valence-corrected chi connectivity index (χ1v) is 8.26. The molecule has 0 radical (unpaired) electrons. The van der Waals surface area contributed by atoms with E-state index in [1.807, 2.05) is 4.90 Å². The lowest BCUT2D eigenvalue weighted by Gasteiger charge is -2.54. The summed E-state index contributed by atoms with van der Waals surface area (Å²) >= 11 is 0. The molecule has 5 fully saturated rings. The van der Waals surface area contributed by atoms with Gasteiger partial charge in [-0.15, -0.1) is 0 Å². The Kier molecular flexibility index (Phi) is 3.00. The van der Waals surface area contributed by atoms with E-state index in [2.05, 4.69) is 5.32 Å². The van der Waals surface area contributed by atoms with Crippen LogP contribution in [0.4, 0.5) is 0 Å². The largest absolute Gasteiger partial charge is 0.354 e. The van der Waals surface area contributed by atoms with Gasteiger partial charge in [-0.05, 0) is 55.8 Å². The van der Waals surface area contributed by atoms with E-state index in [-0.39, 0.29) is 11.8 Å². The van der Waals surface area contributed by atoms with Crippen LogP contribution in [0.3, 0.4) is 0 Å². The van der Waals surface area contributed by atoms with Crippen molar-refractivity contribution in [3.63, 3.8) is 0 Å². The molecule has 1 saturated heterocycles. The predicted octanol–water partition coefficient (Wildman–Crippen LogP) is 1.41. The lowest BCUT2D eigenvalue weighted by atomic mass is 9.51. The summed E-state index contributed by atoms with van der Waals surface area (Å²) < 4.78 is 0. The van der Waals surface area contributed by atoms with Crippen LogP contribution >= 0.6 is 0 Å². The summed E-state index contributed by atoms with van der Waals surface area (Å²) in [6, 6.07) is 0. The van der Waals surface area contributed by atoms with Gasteiger partial charge in [0.1, 0.15) is 0 Å². The number of hydrogen-bond acceptors (Lipinski definition) is 2. The van der Waals surface area contributed by atoms with Crippen LogP contribution in [-0.4, -0.2) is 36.3 Å². The number of nitrogens with one attached hydrogen (secondary N) is 1. The van der Waals surface area contributed by atoms with Gasteiger partial charge in [-0.3, -0.25) is 9.59 Å². The zero-order chi connectivity index (χ0) is 13.7. The van der Waals surface area contributed by atoms with Crippen molar-refractivity contribution in [1.82, 2.24) is 10.2 Å². The Morgan fingerprint density at radius 2 is 1.65 bits per heavy atom. The smallest absolute Gasteiger partial charge is 0.226 e. The molecule has 4 aliphatic carbocycles. The SMILES string of the molecule is O=C1CCN(C(=O)C2C3CC4CC(C3)CC2C4)CCN1. The maximum absolute atomic E-state index is 12.9. The molecule has 1 N–H and O–H groups in total. The molecule has 0 aromatic heterocycles. The summed E-state index contributed by atoms with van der Waals surface area (Å²) in [6.07, 6.45) is 7.04. The van der Waals surface area contributed by atoms with E-state index >= 15 is 0 Å². The standard InChI is InChI=1S/C16H24N2O2/c19-14-1-3-18(4-2-17-14)16(20)15-12-6-10-5-11(8-12)9-13(15)7-10/h10-13,15H,1-9H2,(H,17,19). The quantitative estimate of drug-likeness (QED) is 0.787. The highest BCUT2D eigenvalue weighted by molar-refractivity contribution is 5.82. The minimum Gasteiger partial charge on any atom is -0.354 e. The van der Waals surface area contributed by atoms with Crippen molar-refractivity contribution in [2.24, 2.45) is 29.6 Å². The van der Waals surface area contributed by atoms with Gasteiger partial charge in [0.15, 0.2) is 0 Å². The summed E-state index contributed by atoms with van der Waals surface area (Å²) in [4.78, 5) is 26.3. The summed E-state index contributed by atoms with van der Waals surface area (Å²) in [5.74, 6) is 3.83. The first kappa shape index (κ1) is 12.7. The zero-order valence-electron chi connectivity index (χ0n) is 12.0. The van der Waals surface area contributed by atoms with Crippen LogP contribution in [0.15, 0.2) is 0 Å². The Hall–Kier alpha value is -1.06. The van der Waals surface area contributed by atoms with Gasteiger partial charge in [0.05, 0.1) is 0 Å². The maximum atomic E-state index is 12.9. The Balaban J connectivity index is 1.49. The highest BCUT2D eigenvalue weighted by Gasteiger charge is 2.51. The molecule has 4 saturated carbocycles. The average Bonchev–Trinajstić information content (AvgIpc) is 2.62. The second kappa shape index (κ2) is 4.74. The summed E-state index contributed by atoms with van der Waals surface area (Å²) in [5.41, 5.74) is 0. The maximum Gasteiger partial charge on any atom is 0.226 e. The van der Waals surface area contributed by atoms with Crippen molar-refractivity contribution in [3.8, 4) is 0 Å². The molecule has 4 nitrogen and oxygen atoms in total. The van der Waals surface area contributed by atoms with Gasteiger partial charge < -0.3 is 10.2 Å². The van der Waals surface area contributed by atoms with Crippen LogP contribution < -0.4 is 5.32 Å². The van der Waals surface area contributed by atoms with Crippen molar-refractivity contribution in [2.45, 2.75) is 38.5 Å². The normalized spacial score (nSPS) is 43.3. The van der Waals surface area contributed by atoms with Crippen molar-refractivity contribution in [1.29, 1.82) is 0 Å². The fourth-order valence-electron chi connectivity index (χ4n) is 5.53. The van der Waals surface area contributed by atoms with E-state index in [4.69, 9.17) is 0 Å². The molecule has 2 amide bonds. The van der Waals surface area contributed by atoms with Crippen LogP contribution in [0.2, 0.25) is 0 Å². The molecule has 4 heteroatoms. The summed E-state index contributed by atoms with van der Waals surface area (Å²) in [5, 5.41) is 2.86. The van der Waals surface area contributed by atoms with E-state index < -0.39 is 0 Å². The highest BCUT2D eigenvalue weighted by atomic mass is 16.2. The molecule has 0 aromatic carbocycles. The number of nitrogens with zero attached hydrogens (tertiary/aromatic N) is 1. The van der Waals surface area contributed by atoms with Gasteiger partial charge in [0.2, 0.25) is 11.8 Å². The third-order valence-electron chi connectivity index (χ3n) is 6.14. The van der Waals surface area contributed by atoms with Gasteiger partial charge in [-0.1, -0.05) is 0 Å². The molecule has 0 aromatic rings. The second-order valence-electron chi connectivity index (χ2n) is 7.38. The van der Waals surface area contributed by atoms with Gasteiger partial charge in [-0.2, -0.15) is 0 Å². The van der Waals surface area contributed by atoms with Crippen LogP contribution in [0.1, 0.15) is 38.5 Å². The van der Waals surface area contributed by atoms with E-state index in [1.54, 1.807) is 0 Å². The minimum absolute atomic E-state index is 0.0883. The lowest BCUT2D eigenvalue weighted by Crippen LogP contribution is -2.52. The molecule has 20 heavy (non-hydrogen) atoms. The van der Waals surface area contributed by atoms with Gasteiger partial charge in [-0.25, -0.2) is 0 Å². The minimum atomic E-state index is 0.0883. The number of carbonyl (C=O) groups excluding carboxylic acids is 2. The molecule has 110 valence electrons. The Morgan fingerprint density at radius 1 is 1.00 bits per heavy atom. The Labute approximate surface area is 120 Å². The third-order valence-corrected chi connectivity index (χ3v) is 6.14. The number of hydrogen-bond donors (Lipinski definition) is 1. The van der Waals surface area contributed by atoms with Crippen LogP contribution in [0.5, 0.6) is 0 Å². The molecule has 0 unspecified atom stereocenters. The third kappa shape index (κ3) is 2.04. The van der Waals surface area contributed by atoms with Crippen LogP contribution in [0, 0.1) is 29.6 Å². The monoisotopic (exact) mass is 276 g/mol. The molecular formula is C16H24N2O2. The topological polar surface area (TPSA) is 49.4 Å². The van der Waals surface area contributed by atoms with E-state index in [0.717, 1.165) is 11.8 Å². The van der Waals surface area contributed by atoms with Gasteiger partial charge in [0, 0.05) is 32.0 Å². The van der Waals surface area contributed by atoms with Crippen molar-refractivity contribution in [2.75, 3.05) is 19.6 Å². The molecule has 4 bridgehead atoms. The van der Waals surface area contributed by atoms with Crippen LogP contribution in [-0.2, 0) is 9.59 Å². The molecular weight excluding hydrogens is 252 g/mol. The number of amides is 2. The number of rotatable bonds is 1. The fourth-order valence-corrected chi connectivity index (χ4v) is 5.53. The van der Waals surface area contributed by atoms with Crippen molar-refractivity contribution < 1.29 is 9.59 Å². The first-order valence-electron chi connectivity index (χ1n) is 8.26. The van der Waals surface area contributed by atoms with Gasteiger partial charge in [0.25, 0.3) is 0 Å². The molecule has 1 heterocycles. The summed E-state index contributed by atoms with van der Waals surface area (Å²) in [7, 11) is 0. The van der Waals surface area contributed by atoms with E-state index in [0.29, 0.717) is 43.8 Å². The molecule has 5 aliphatic rings.